The van der Waals surface area contributed by atoms with E-state index in [0.29, 0.717) is 39.6 Å². The third kappa shape index (κ3) is 5.05. The Bertz CT molecular complexity index is 1350. The van der Waals surface area contributed by atoms with E-state index in [2.05, 4.69) is 15.3 Å². The first-order valence-electron chi connectivity index (χ1n) is 10.8. The first-order valence-corrected chi connectivity index (χ1v) is 11.2. The number of nitrogens with zero attached hydrogens (tertiary/aromatic N) is 1. The number of carbonyl (C=O) groups excluding carboxylic acids is 2. The predicted molar refractivity (Wildman–Crippen MR) is 132 cm³/mol. The summed E-state index contributed by atoms with van der Waals surface area (Å²) in [4.78, 5) is 33.4. The van der Waals surface area contributed by atoms with Gasteiger partial charge in [-0.25, -0.2) is 9.78 Å². The smallest absolute Gasteiger partial charge is 0.338 e. The summed E-state index contributed by atoms with van der Waals surface area (Å²) in [7, 11) is 1.61. The first kappa shape index (κ1) is 23.3. The second-order valence-corrected chi connectivity index (χ2v) is 8.23. The molecule has 0 aliphatic carbocycles. The number of aromatic nitrogens is 2. The number of aryl methyl sites for hydroxylation is 1. The zero-order valence-corrected chi connectivity index (χ0v) is 19.8. The third-order valence-corrected chi connectivity index (χ3v) is 5.69. The van der Waals surface area contributed by atoms with E-state index in [0.717, 1.165) is 16.9 Å². The highest BCUT2D eigenvalue weighted by Crippen LogP contribution is 2.24. The molecule has 4 rings (SSSR count). The third-order valence-electron chi connectivity index (χ3n) is 5.45. The molecule has 0 bridgehead atoms. The topological polar surface area (TPSA) is 93.3 Å². The van der Waals surface area contributed by atoms with Gasteiger partial charge in [-0.2, -0.15) is 0 Å². The number of nitrogens with one attached hydrogen (secondary N) is 2. The van der Waals surface area contributed by atoms with Crippen molar-refractivity contribution >= 4 is 40.2 Å². The van der Waals surface area contributed by atoms with E-state index >= 15 is 0 Å². The molecule has 4 aromatic rings. The van der Waals surface area contributed by atoms with Gasteiger partial charge in [0, 0.05) is 16.3 Å². The Hall–Kier alpha value is -3.84. The molecule has 7 nitrogen and oxygen atoms in total. The van der Waals surface area contributed by atoms with Crippen molar-refractivity contribution in [1.29, 1.82) is 0 Å². The van der Waals surface area contributed by atoms with Gasteiger partial charge >= 0.3 is 5.97 Å². The molecule has 2 N–H and O–H groups in total. The van der Waals surface area contributed by atoms with Crippen molar-refractivity contribution in [3.8, 4) is 17.1 Å². The van der Waals surface area contributed by atoms with Gasteiger partial charge in [0.05, 0.1) is 23.7 Å². The number of methoxy groups -OCH3 is 1. The van der Waals surface area contributed by atoms with Crippen LogP contribution in [0.15, 0.2) is 60.7 Å². The average molecular weight is 478 g/mol. The van der Waals surface area contributed by atoms with Crippen molar-refractivity contribution < 1.29 is 19.1 Å². The van der Waals surface area contributed by atoms with Crippen LogP contribution in [0.25, 0.3) is 22.4 Å². The van der Waals surface area contributed by atoms with Gasteiger partial charge in [0.2, 0.25) is 0 Å². The fourth-order valence-corrected chi connectivity index (χ4v) is 3.66. The van der Waals surface area contributed by atoms with Crippen LogP contribution in [0.2, 0.25) is 5.02 Å². The first-order chi connectivity index (χ1) is 16.4. The average Bonchev–Trinajstić information content (AvgIpc) is 3.28. The number of carbonyl (C=O) groups is 2. The van der Waals surface area contributed by atoms with Crippen molar-refractivity contribution in [2.75, 3.05) is 12.4 Å². The quantitative estimate of drug-likeness (QED) is 0.329. The van der Waals surface area contributed by atoms with E-state index in [1.165, 1.54) is 0 Å². The van der Waals surface area contributed by atoms with E-state index in [4.69, 9.17) is 21.1 Å². The molecule has 174 valence electrons. The molecule has 1 aromatic heterocycles. The number of rotatable bonds is 7. The SMILES string of the molecule is CCC(OC(=O)c1ccc2nc(-c3ccc(OC)cc3)[nH]c2c1)C(=O)Nc1cc(Cl)ccc1C. The van der Waals surface area contributed by atoms with E-state index in [1.807, 2.05) is 37.3 Å². The molecule has 1 unspecified atom stereocenters. The summed E-state index contributed by atoms with van der Waals surface area (Å²) in [6.07, 6.45) is -0.622. The molecular weight excluding hydrogens is 454 g/mol. The molecule has 0 saturated carbocycles. The Morgan fingerprint density at radius 3 is 2.56 bits per heavy atom. The number of anilines is 1. The zero-order valence-electron chi connectivity index (χ0n) is 19.0. The van der Waals surface area contributed by atoms with Crippen LogP contribution in [0.4, 0.5) is 5.69 Å². The number of benzene rings is 3. The lowest BCUT2D eigenvalue weighted by molar-refractivity contribution is -0.124. The summed E-state index contributed by atoms with van der Waals surface area (Å²) in [5.74, 6) is 0.425. The number of halogens is 1. The summed E-state index contributed by atoms with van der Waals surface area (Å²) in [5.41, 5.74) is 4.05. The predicted octanol–water partition coefficient (Wildman–Crippen LogP) is 5.77. The fraction of sp³-hybridized carbons (Fsp3) is 0.192. The van der Waals surface area contributed by atoms with Gasteiger partial charge in [-0.3, -0.25) is 4.79 Å². The molecule has 0 aliphatic rings. The fourth-order valence-electron chi connectivity index (χ4n) is 3.48. The highest BCUT2D eigenvalue weighted by Gasteiger charge is 2.23. The van der Waals surface area contributed by atoms with Crippen molar-refractivity contribution in [3.63, 3.8) is 0 Å². The Labute approximate surface area is 202 Å². The number of fused-ring (bicyclic) bond motifs is 1. The van der Waals surface area contributed by atoms with Crippen molar-refractivity contribution in [3.05, 3.63) is 76.8 Å². The van der Waals surface area contributed by atoms with Gasteiger partial charge in [0.15, 0.2) is 6.10 Å². The Morgan fingerprint density at radius 2 is 1.85 bits per heavy atom. The Kier molecular flexibility index (Phi) is 6.84. The number of hydrogen-bond donors (Lipinski definition) is 2. The summed E-state index contributed by atoms with van der Waals surface area (Å²) in [6, 6.07) is 17.8. The van der Waals surface area contributed by atoms with Crippen LogP contribution in [-0.2, 0) is 9.53 Å². The monoisotopic (exact) mass is 477 g/mol. The molecule has 0 saturated heterocycles. The summed E-state index contributed by atoms with van der Waals surface area (Å²) >= 11 is 6.03. The highest BCUT2D eigenvalue weighted by molar-refractivity contribution is 6.31. The second kappa shape index (κ2) is 9.97. The van der Waals surface area contributed by atoms with Crippen LogP contribution in [-0.4, -0.2) is 35.1 Å². The van der Waals surface area contributed by atoms with E-state index in [1.54, 1.807) is 44.4 Å². The maximum Gasteiger partial charge on any atom is 0.338 e. The molecular formula is C26H24ClN3O4. The highest BCUT2D eigenvalue weighted by atomic mass is 35.5. The molecule has 34 heavy (non-hydrogen) atoms. The molecule has 1 amide bonds. The number of aromatic amines is 1. The lowest BCUT2D eigenvalue weighted by Gasteiger charge is -2.17. The van der Waals surface area contributed by atoms with E-state index < -0.39 is 18.0 Å². The van der Waals surface area contributed by atoms with Gasteiger partial charge in [0.1, 0.15) is 11.6 Å². The van der Waals surface area contributed by atoms with Gasteiger partial charge in [0.25, 0.3) is 5.91 Å². The molecule has 1 atom stereocenters. The van der Waals surface area contributed by atoms with Crippen LogP contribution >= 0.6 is 11.6 Å². The van der Waals surface area contributed by atoms with Crippen molar-refractivity contribution in [2.24, 2.45) is 0 Å². The van der Waals surface area contributed by atoms with E-state index in [9.17, 15) is 9.59 Å². The summed E-state index contributed by atoms with van der Waals surface area (Å²) in [5, 5.41) is 3.30. The van der Waals surface area contributed by atoms with Crippen molar-refractivity contribution in [2.45, 2.75) is 26.4 Å². The van der Waals surface area contributed by atoms with Crippen LogP contribution in [0, 0.1) is 6.92 Å². The molecule has 8 heteroatoms. The molecule has 3 aromatic carbocycles. The summed E-state index contributed by atoms with van der Waals surface area (Å²) in [6.45, 7) is 3.64. The maximum absolute atomic E-state index is 12.8. The van der Waals surface area contributed by atoms with Gasteiger partial charge in [-0.05, 0) is 73.5 Å². The van der Waals surface area contributed by atoms with Crippen LogP contribution in [0.3, 0.4) is 0 Å². The second-order valence-electron chi connectivity index (χ2n) is 7.80. The minimum atomic E-state index is -0.946. The number of amides is 1. The van der Waals surface area contributed by atoms with Gasteiger partial charge in [-0.1, -0.05) is 24.6 Å². The molecule has 0 radical (unpaired) electrons. The molecule has 1 heterocycles. The number of imidazole rings is 1. The lowest BCUT2D eigenvalue weighted by atomic mass is 10.1. The van der Waals surface area contributed by atoms with Gasteiger partial charge < -0.3 is 19.8 Å². The van der Waals surface area contributed by atoms with Crippen LogP contribution in [0.1, 0.15) is 29.3 Å². The van der Waals surface area contributed by atoms with E-state index in [-0.39, 0.29) is 0 Å². The molecule has 0 aliphatic heterocycles. The van der Waals surface area contributed by atoms with Crippen LogP contribution < -0.4 is 10.1 Å². The number of ether oxygens (including phenoxy) is 2. The normalized spacial score (nSPS) is 11.8. The molecule has 0 fully saturated rings. The standard InChI is InChI=1S/C26H24ClN3O4/c1-4-23(25(31)30-21-14-18(27)9-5-15(21)2)34-26(32)17-8-12-20-22(13-17)29-24(28-20)16-6-10-19(33-3)11-7-16/h5-14,23H,4H2,1-3H3,(H,28,29)(H,30,31). The van der Waals surface area contributed by atoms with Crippen molar-refractivity contribution in [1.82, 2.24) is 9.97 Å². The number of H-pyrrole nitrogens is 1. The maximum atomic E-state index is 12.8. The molecule has 0 spiro atoms. The summed E-state index contributed by atoms with van der Waals surface area (Å²) < 4.78 is 10.7. The number of esters is 1. The zero-order chi connectivity index (χ0) is 24.2. The largest absolute Gasteiger partial charge is 0.497 e. The minimum absolute atomic E-state index is 0.322. The lowest BCUT2D eigenvalue weighted by Crippen LogP contribution is -2.32. The Balaban J connectivity index is 1.49. The van der Waals surface area contributed by atoms with Crippen LogP contribution in [0.5, 0.6) is 5.75 Å². The number of hydrogen-bond acceptors (Lipinski definition) is 5. The minimum Gasteiger partial charge on any atom is -0.497 e. The van der Waals surface area contributed by atoms with Gasteiger partial charge in [-0.15, -0.1) is 0 Å². The Morgan fingerprint density at radius 1 is 1.09 bits per heavy atom.